The van der Waals surface area contributed by atoms with Crippen LogP contribution in [0.4, 0.5) is 8.78 Å². The van der Waals surface area contributed by atoms with E-state index < -0.39 is 26.4 Å². The summed E-state index contributed by atoms with van der Waals surface area (Å²) in [6, 6.07) is 1.27. The molecular formula is C10H13F2NO2S. The first-order valence-corrected chi connectivity index (χ1v) is 6.54. The Labute approximate surface area is 93.2 Å². The average Bonchev–Trinajstić information content (AvgIpc) is 2.07. The zero-order valence-corrected chi connectivity index (χ0v) is 9.81. The maximum atomic E-state index is 13.7. The Kier molecular flexibility index (Phi) is 3.64. The van der Waals surface area contributed by atoms with Crippen molar-refractivity contribution in [2.45, 2.75) is 24.3 Å². The fraction of sp³-hybridized carbons (Fsp3) is 0.400. The highest BCUT2D eigenvalue weighted by atomic mass is 32.2. The molecule has 1 unspecified atom stereocenters. The Morgan fingerprint density at radius 3 is 2.38 bits per heavy atom. The predicted molar refractivity (Wildman–Crippen MR) is 56.8 cm³/mol. The molecule has 2 N–H and O–H groups in total. The first kappa shape index (κ1) is 13.1. The van der Waals surface area contributed by atoms with E-state index in [0.717, 1.165) is 12.3 Å². The van der Waals surface area contributed by atoms with Crippen molar-refractivity contribution in [3.8, 4) is 0 Å². The van der Waals surface area contributed by atoms with Gasteiger partial charge in [0, 0.05) is 12.3 Å². The SMILES string of the molecule is CC(N)Cc1cc(F)cc(S(C)(=O)=O)c1F. The standard InChI is InChI=1S/C10H13F2NO2S/c1-6(13)3-7-4-8(11)5-9(10(7)12)16(2,14)15/h4-6H,3,13H2,1-2H3. The summed E-state index contributed by atoms with van der Waals surface area (Å²) in [5.41, 5.74) is 5.45. The molecule has 0 amide bonds. The maximum absolute atomic E-state index is 13.7. The summed E-state index contributed by atoms with van der Waals surface area (Å²) in [5, 5.41) is 0. The molecule has 1 aromatic carbocycles. The van der Waals surface area contributed by atoms with Crippen LogP contribution in [0.1, 0.15) is 12.5 Å². The molecule has 0 saturated heterocycles. The molecule has 0 bridgehead atoms. The van der Waals surface area contributed by atoms with Crippen molar-refractivity contribution in [2.75, 3.05) is 6.26 Å². The van der Waals surface area contributed by atoms with Crippen molar-refractivity contribution in [2.24, 2.45) is 5.73 Å². The van der Waals surface area contributed by atoms with E-state index in [9.17, 15) is 17.2 Å². The molecule has 0 saturated carbocycles. The smallest absolute Gasteiger partial charge is 0.178 e. The number of rotatable bonds is 3. The summed E-state index contributed by atoms with van der Waals surface area (Å²) < 4.78 is 49.2. The average molecular weight is 249 g/mol. The molecular weight excluding hydrogens is 236 g/mol. The second-order valence-electron chi connectivity index (χ2n) is 3.83. The van der Waals surface area contributed by atoms with Gasteiger partial charge in [0.15, 0.2) is 9.84 Å². The monoisotopic (exact) mass is 249 g/mol. The molecule has 90 valence electrons. The van der Waals surface area contributed by atoms with Gasteiger partial charge < -0.3 is 5.73 Å². The van der Waals surface area contributed by atoms with Crippen LogP contribution in [0.3, 0.4) is 0 Å². The van der Waals surface area contributed by atoms with E-state index in [2.05, 4.69) is 0 Å². The van der Waals surface area contributed by atoms with Gasteiger partial charge in [-0.25, -0.2) is 17.2 Å². The lowest BCUT2D eigenvalue weighted by molar-refractivity contribution is 0.537. The third-order valence-corrected chi connectivity index (χ3v) is 3.12. The summed E-state index contributed by atoms with van der Waals surface area (Å²) in [4.78, 5) is -0.622. The minimum atomic E-state index is -3.77. The van der Waals surface area contributed by atoms with Gasteiger partial charge in [-0.3, -0.25) is 0 Å². The molecule has 3 nitrogen and oxygen atoms in total. The van der Waals surface area contributed by atoms with Gasteiger partial charge >= 0.3 is 0 Å². The normalized spacial score (nSPS) is 13.8. The Balaban J connectivity index is 3.38. The van der Waals surface area contributed by atoms with Gasteiger partial charge in [-0.1, -0.05) is 0 Å². The summed E-state index contributed by atoms with van der Waals surface area (Å²) in [6.07, 6.45) is 0.923. The minimum Gasteiger partial charge on any atom is -0.328 e. The number of nitrogens with two attached hydrogens (primary N) is 1. The number of benzene rings is 1. The highest BCUT2D eigenvalue weighted by molar-refractivity contribution is 7.90. The van der Waals surface area contributed by atoms with E-state index in [-0.39, 0.29) is 18.0 Å². The number of halogens is 2. The molecule has 0 aliphatic carbocycles. The van der Waals surface area contributed by atoms with Gasteiger partial charge in [0.2, 0.25) is 0 Å². The van der Waals surface area contributed by atoms with Gasteiger partial charge in [-0.2, -0.15) is 0 Å². The molecule has 1 aromatic rings. The summed E-state index contributed by atoms with van der Waals surface area (Å²) >= 11 is 0. The van der Waals surface area contributed by atoms with Crippen LogP contribution < -0.4 is 5.73 Å². The number of sulfone groups is 1. The molecule has 6 heteroatoms. The van der Waals surface area contributed by atoms with Crippen LogP contribution >= 0.6 is 0 Å². The van der Waals surface area contributed by atoms with E-state index in [1.807, 2.05) is 0 Å². The van der Waals surface area contributed by atoms with Gasteiger partial charge in [-0.05, 0) is 31.0 Å². The predicted octanol–water partition coefficient (Wildman–Crippen LogP) is 1.26. The highest BCUT2D eigenvalue weighted by Gasteiger charge is 2.19. The first-order chi connectivity index (χ1) is 7.21. The Morgan fingerprint density at radius 1 is 1.38 bits per heavy atom. The van der Waals surface area contributed by atoms with Gasteiger partial charge in [0.1, 0.15) is 16.5 Å². The zero-order valence-electron chi connectivity index (χ0n) is 9.00. The lowest BCUT2D eigenvalue weighted by Crippen LogP contribution is -2.19. The largest absolute Gasteiger partial charge is 0.328 e. The van der Waals surface area contributed by atoms with Crippen LogP contribution in [0.15, 0.2) is 17.0 Å². The molecule has 0 aromatic heterocycles. The van der Waals surface area contributed by atoms with Crippen LogP contribution in [-0.4, -0.2) is 20.7 Å². The van der Waals surface area contributed by atoms with Crippen molar-refractivity contribution < 1.29 is 17.2 Å². The maximum Gasteiger partial charge on any atom is 0.178 e. The molecule has 0 radical (unpaired) electrons. The van der Waals surface area contributed by atoms with Crippen LogP contribution in [0, 0.1) is 11.6 Å². The van der Waals surface area contributed by atoms with Gasteiger partial charge in [-0.15, -0.1) is 0 Å². The minimum absolute atomic E-state index is 0.0181. The molecule has 1 rings (SSSR count). The van der Waals surface area contributed by atoms with Crippen molar-refractivity contribution in [1.29, 1.82) is 0 Å². The molecule has 0 aliphatic rings. The Morgan fingerprint density at radius 2 is 1.94 bits per heavy atom. The fourth-order valence-electron chi connectivity index (χ4n) is 1.38. The number of hydrogen-bond acceptors (Lipinski definition) is 3. The molecule has 0 heterocycles. The number of hydrogen-bond donors (Lipinski definition) is 1. The third-order valence-electron chi connectivity index (χ3n) is 2.02. The molecule has 0 spiro atoms. The highest BCUT2D eigenvalue weighted by Crippen LogP contribution is 2.21. The van der Waals surface area contributed by atoms with E-state index >= 15 is 0 Å². The van der Waals surface area contributed by atoms with E-state index in [4.69, 9.17) is 5.73 Å². The molecule has 0 aliphatic heterocycles. The molecule has 1 atom stereocenters. The van der Waals surface area contributed by atoms with E-state index in [1.54, 1.807) is 6.92 Å². The van der Waals surface area contributed by atoms with Crippen LogP contribution in [0.25, 0.3) is 0 Å². The van der Waals surface area contributed by atoms with Crippen molar-refractivity contribution in [3.05, 3.63) is 29.3 Å². The van der Waals surface area contributed by atoms with Crippen LogP contribution in [0.5, 0.6) is 0 Å². The fourth-order valence-corrected chi connectivity index (χ4v) is 2.17. The van der Waals surface area contributed by atoms with Crippen molar-refractivity contribution >= 4 is 9.84 Å². The van der Waals surface area contributed by atoms with Gasteiger partial charge in [0.05, 0.1) is 0 Å². The molecule has 16 heavy (non-hydrogen) atoms. The second-order valence-corrected chi connectivity index (χ2v) is 5.81. The first-order valence-electron chi connectivity index (χ1n) is 4.65. The van der Waals surface area contributed by atoms with Crippen molar-refractivity contribution in [1.82, 2.24) is 0 Å². The lowest BCUT2D eigenvalue weighted by Gasteiger charge is -2.09. The third kappa shape index (κ3) is 2.99. The summed E-state index contributed by atoms with van der Waals surface area (Å²) in [5.74, 6) is -1.70. The Hall–Kier alpha value is -1.01. The topological polar surface area (TPSA) is 60.2 Å². The second kappa shape index (κ2) is 4.47. The van der Waals surface area contributed by atoms with E-state index in [0.29, 0.717) is 6.07 Å². The van der Waals surface area contributed by atoms with Crippen LogP contribution in [0.2, 0.25) is 0 Å². The zero-order chi connectivity index (χ0) is 12.5. The van der Waals surface area contributed by atoms with Crippen LogP contribution in [-0.2, 0) is 16.3 Å². The Bertz CT molecular complexity index is 498. The van der Waals surface area contributed by atoms with Gasteiger partial charge in [0.25, 0.3) is 0 Å². The quantitative estimate of drug-likeness (QED) is 0.877. The molecule has 0 fully saturated rings. The summed E-state index contributed by atoms with van der Waals surface area (Å²) in [7, 11) is -3.77. The summed E-state index contributed by atoms with van der Waals surface area (Å²) in [6.45, 7) is 1.63. The van der Waals surface area contributed by atoms with E-state index in [1.165, 1.54) is 0 Å². The lowest BCUT2D eigenvalue weighted by atomic mass is 10.1. The van der Waals surface area contributed by atoms with Crippen molar-refractivity contribution in [3.63, 3.8) is 0 Å².